The topological polar surface area (TPSA) is 46.2 Å². The van der Waals surface area contributed by atoms with Crippen molar-refractivity contribution in [2.24, 2.45) is 5.92 Å². The van der Waals surface area contributed by atoms with Crippen LogP contribution in [-0.4, -0.2) is 33.0 Å². The third-order valence-electron chi connectivity index (χ3n) is 1.43. The molecular weight excluding hydrogens is 174 g/mol. The van der Waals surface area contributed by atoms with Gasteiger partial charge in [-0.2, -0.15) is 0 Å². The maximum absolute atomic E-state index is 10.8. The fourth-order valence-electron chi connectivity index (χ4n) is 0.950. The van der Waals surface area contributed by atoms with E-state index in [1.54, 1.807) is 0 Å². The van der Waals surface area contributed by atoms with Crippen molar-refractivity contribution >= 4 is 9.84 Å². The predicted octanol–water partition coefficient (Wildman–Crippen LogP) is 0.665. The van der Waals surface area contributed by atoms with Crippen LogP contribution in [0.2, 0.25) is 0 Å². The van der Waals surface area contributed by atoms with Crippen LogP contribution in [0.5, 0.6) is 0 Å². The van der Waals surface area contributed by atoms with E-state index < -0.39 is 9.84 Å². The first-order chi connectivity index (χ1) is 5.31. The van der Waals surface area contributed by atoms with Gasteiger partial charge in [-0.1, -0.05) is 13.8 Å². The van der Waals surface area contributed by atoms with Gasteiger partial charge in [-0.05, 0) is 19.4 Å². The van der Waals surface area contributed by atoms with Crippen molar-refractivity contribution in [2.75, 3.05) is 18.6 Å². The second-order valence-corrected chi connectivity index (χ2v) is 5.98. The average molecular weight is 193 g/mol. The highest BCUT2D eigenvalue weighted by Crippen LogP contribution is 1.93. The van der Waals surface area contributed by atoms with Gasteiger partial charge in [0.1, 0.15) is 9.84 Å². The Bertz CT molecular complexity index is 209. The highest BCUT2D eigenvalue weighted by Gasteiger charge is 2.09. The molecule has 0 amide bonds. The summed E-state index contributed by atoms with van der Waals surface area (Å²) in [6, 6.07) is 0.0578. The summed E-state index contributed by atoms with van der Waals surface area (Å²) in [7, 11) is -2.83. The maximum Gasteiger partial charge on any atom is 0.148 e. The minimum atomic E-state index is -2.83. The summed E-state index contributed by atoms with van der Waals surface area (Å²) in [5.74, 6) is 0.784. The lowest BCUT2D eigenvalue weighted by molar-refractivity contribution is 0.501. The zero-order valence-electron chi connectivity index (χ0n) is 8.29. The molecule has 74 valence electrons. The van der Waals surface area contributed by atoms with Crippen LogP contribution in [-0.2, 0) is 9.84 Å². The molecule has 0 bridgehead atoms. The van der Waals surface area contributed by atoms with E-state index >= 15 is 0 Å². The number of hydrogen-bond donors (Lipinski definition) is 1. The van der Waals surface area contributed by atoms with Gasteiger partial charge in [0.2, 0.25) is 0 Å². The minimum absolute atomic E-state index is 0.0578. The van der Waals surface area contributed by atoms with Crippen LogP contribution in [0.25, 0.3) is 0 Å². The fourth-order valence-corrected chi connectivity index (χ4v) is 1.98. The Morgan fingerprint density at radius 3 is 2.08 bits per heavy atom. The molecule has 0 saturated heterocycles. The largest absolute Gasteiger partial charge is 0.313 e. The first-order valence-electron chi connectivity index (χ1n) is 4.22. The van der Waals surface area contributed by atoms with Crippen molar-refractivity contribution in [3.05, 3.63) is 0 Å². The Morgan fingerprint density at radius 2 is 1.75 bits per heavy atom. The Kier molecular flexibility index (Phi) is 4.78. The highest BCUT2D eigenvalue weighted by atomic mass is 32.2. The maximum atomic E-state index is 10.8. The molecule has 0 aromatic rings. The van der Waals surface area contributed by atoms with E-state index in [1.807, 2.05) is 6.92 Å². The summed E-state index contributed by atoms with van der Waals surface area (Å²) < 4.78 is 21.7. The van der Waals surface area contributed by atoms with Gasteiger partial charge in [0.05, 0.1) is 5.75 Å². The molecular formula is C8H19NO2S. The summed E-state index contributed by atoms with van der Waals surface area (Å²) in [5.41, 5.74) is 0. The first-order valence-corrected chi connectivity index (χ1v) is 6.28. The van der Waals surface area contributed by atoms with Crippen molar-refractivity contribution < 1.29 is 8.42 Å². The zero-order valence-corrected chi connectivity index (χ0v) is 9.11. The van der Waals surface area contributed by atoms with Crippen LogP contribution in [0.4, 0.5) is 0 Å². The van der Waals surface area contributed by atoms with E-state index in [0.717, 1.165) is 6.54 Å². The minimum Gasteiger partial charge on any atom is -0.313 e. The van der Waals surface area contributed by atoms with Crippen LogP contribution in [0.1, 0.15) is 20.8 Å². The lowest BCUT2D eigenvalue weighted by atomic mass is 10.2. The lowest BCUT2D eigenvalue weighted by Gasteiger charge is -2.13. The first kappa shape index (κ1) is 11.9. The molecule has 0 aliphatic carbocycles. The normalized spacial score (nSPS) is 15.1. The summed E-state index contributed by atoms with van der Waals surface area (Å²) in [6.07, 6.45) is 1.26. The molecule has 0 radical (unpaired) electrons. The molecule has 0 fully saturated rings. The van der Waals surface area contributed by atoms with Crippen LogP contribution in [0.15, 0.2) is 0 Å². The molecule has 0 spiro atoms. The zero-order chi connectivity index (χ0) is 9.78. The molecule has 0 aromatic carbocycles. The number of nitrogens with one attached hydrogen (secondary N) is 1. The van der Waals surface area contributed by atoms with Crippen molar-refractivity contribution in [1.82, 2.24) is 5.32 Å². The van der Waals surface area contributed by atoms with Gasteiger partial charge in [0.25, 0.3) is 0 Å². The monoisotopic (exact) mass is 193 g/mol. The molecule has 4 heteroatoms. The van der Waals surface area contributed by atoms with E-state index in [4.69, 9.17) is 0 Å². The third kappa shape index (κ3) is 8.01. The van der Waals surface area contributed by atoms with Gasteiger partial charge in [0, 0.05) is 12.3 Å². The van der Waals surface area contributed by atoms with Gasteiger partial charge in [-0.3, -0.25) is 0 Å². The van der Waals surface area contributed by atoms with E-state index in [0.29, 0.717) is 5.92 Å². The number of hydrogen-bond acceptors (Lipinski definition) is 3. The van der Waals surface area contributed by atoms with Crippen molar-refractivity contribution in [2.45, 2.75) is 26.8 Å². The summed E-state index contributed by atoms with van der Waals surface area (Å²) >= 11 is 0. The van der Waals surface area contributed by atoms with Crippen LogP contribution in [0, 0.1) is 5.92 Å². The quantitative estimate of drug-likeness (QED) is 0.698. The predicted molar refractivity (Wildman–Crippen MR) is 52.0 cm³/mol. The molecule has 12 heavy (non-hydrogen) atoms. The van der Waals surface area contributed by atoms with E-state index in [-0.39, 0.29) is 11.8 Å². The molecule has 0 heterocycles. The van der Waals surface area contributed by atoms with Gasteiger partial charge >= 0.3 is 0 Å². The molecule has 0 rings (SSSR count). The van der Waals surface area contributed by atoms with Gasteiger partial charge in [-0.25, -0.2) is 8.42 Å². The summed E-state index contributed by atoms with van der Waals surface area (Å²) in [5, 5.41) is 3.16. The third-order valence-corrected chi connectivity index (χ3v) is 2.53. The van der Waals surface area contributed by atoms with Crippen LogP contribution < -0.4 is 5.32 Å². The molecule has 1 N–H and O–H groups in total. The lowest BCUT2D eigenvalue weighted by Crippen LogP contribution is -2.34. The molecule has 0 aromatic heterocycles. The molecule has 3 nitrogen and oxygen atoms in total. The second-order valence-electron chi connectivity index (χ2n) is 3.80. The van der Waals surface area contributed by atoms with Crippen molar-refractivity contribution in [3.63, 3.8) is 0 Å². The van der Waals surface area contributed by atoms with E-state index in [2.05, 4.69) is 19.2 Å². The molecule has 1 unspecified atom stereocenters. The highest BCUT2D eigenvalue weighted by molar-refractivity contribution is 7.90. The van der Waals surface area contributed by atoms with Gasteiger partial charge in [0.15, 0.2) is 0 Å². The summed E-state index contributed by atoms with van der Waals surface area (Å²) in [4.78, 5) is 0. The number of sulfone groups is 1. The standard InChI is InChI=1S/C8H19NO2S/c1-7(2)5-9-8(3)6-12(4,10)11/h7-9H,5-6H2,1-4H3. The van der Waals surface area contributed by atoms with Gasteiger partial charge < -0.3 is 5.32 Å². The SMILES string of the molecule is CC(C)CNC(C)CS(C)(=O)=O. The Labute approximate surface area is 75.5 Å². The van der Waals surface area contributed by atoms with E-state index in [1.165, 1.54) is 6.26 Å². The van der Waals surface area contributed by atoms with Crippen LogP contribution >= 0.6 is 0 Å². The van der Waals surface area contributed by atoms with Crippen molar-refractivity contribution in [3.8, 4) is 0 Å². The van der Waals surface area contributed by atoms with Gasteiger partial charge in [-0.15, -0.1) is 0 Å². The Hall–Kier alpha value is -0.0900. The molecule has 0 aliphatic heterocycles. The average Bonchev–Trinajstić information content (AvgIpc) is 1.79. The molecule has 0 aliphatic rings. The molecule has 0 saturated carbocycles. The fraction of sp³-hybridized carbons (Fsp3) is 1.00. The molecule has 1 atom stereocenters. The smallest absolute Gasteiger partial charge is 0.148 e. The van der Waals surface area contributed by atoms with Crippen LogP contribution in [0.3, 0.4) is 0 Å². The Balaban J connectivity index is 3.68. The Morgan fingerprint density at radius 1 is 1.25 bits per heavy atom. The van der Waals surface area contributed by atoms with Crippen molar-refractivity contribution in [1.29, 1.82) is 0 Å². The second kappa shape index (κ2) is 4.82. The summed E-state index contributed by atoms with van der Waals surface area (Å²) in [6.45, 7) is 6.96. The number of rotatable bonds is 5. The van der Waals surface area contributed by atoms with E-state index in [9.17, 15) is 8.42 Å².